The summed E-state index contributed by atoms with van der Waals surface area (Å²) in [5.74, 6) is 2.20. The number of carbonyl (C=O) groups is 1. The summed E-state index contributed by atoms with van der Waals surface area (Å²) in [5.41, 5.74) is 0. The molecule has 0 aliphatic heterocycles. The van der Waals surface area contributed by atoms with E-state index in [0.29, 0.717) is 31.5 Å². The van der Waals surface area contributed by atoms with Crippen LogP contribution in [-0.4, -0.2) is 49.8 Å². The van der Waals surface area contributed by atoms with Gasteiger partial charge in [-0.3, -0.25) is 9.79 Å². The minimum Gasteiger partial charge on any atom is -0.396 e. The minimum atomic E-state index is 0.202. The van der Waals surface area contributed by atoms with E-state index in [1.807, 2.05) is 6.92 Å². The maximum Gasteiger partial charge on any atom is 0.223 e. The summed E-state index contributed by atoms with van der Waals surface area (Å²) in [6, 6.07) is 0. The van der Waals surface area contributed by atoms with Gasteiger partial charge >= 0.3 is 0 Å². The summed E-state index contributed by atoms with van der Waals surface area (Å²) in [6.07, 6.45) is 7.55. The van der Waals surface area contributed by atoms with Crippen LogP contribution in [-0.2, 0) is 4.79 Å². The van der Waals surface area contributed by atoms with E-state index in [9.17, 15) is 9.90 Å². The molecule has 6 nitrogen and oxygen atoms in total. The van der Waals surface area contributed by atoms with Crippen LogP contribution < -0.4 is 16.0 Å². The van der Waals surface area contributed by atoms with Crippen molar-refractivity contribution in [3.63, 3.8) is 0 Å². The summed E-state index contributed by atoms with van der Waals surface area (Å²) < 4.78 is 0. The van der Waals surface area contributed by atoms with Crippen LogP contribution in [0, 0.1) is 17.8 Å². The van der Waals surface area contributed by atoms with Crippen LogP contribution in [0.25, 0.3) is 0 Å². The lowest BCUT2D eigenvalue weighted by Crippen LogP contribution is -2.43. The smallest absolute Gasteiger partial charge is 0.223 e. The van der Waals surface area contributed by atoms with Crippen LogP contribution in [0.1, 0.15) is 65.7 Å². The molecule has 0 bridgehead atoms. The van der Waals surface area contributed by atoms with E-state index in [2.05, 4.69) is 34.8 Å². The van der Waals surface area contributed by atoms with Crippen molar-refractivity contribution < 1.29 is 9.90 Å². The fourth-order valence-corrected chi connectivity index (χ4v) is 3.57. The van der Waals surface area contributed by atoms with Crippen molar-refractivity contribution in [2.24, 2.45) is 22.7 Å². The molecule has 4 N–H and O–H groups in total. The van der Waals surface area contributed by atoms with E-state index in [-0.39, 0.29) is 18.4 Å². The Morgan fingerprint density at radius 3 is 2.42 bits per heavy atom. The van der Waals surface area contributed by atoms with E-state index in [0.717, 1.165) is 38.2 Å². The van der Waals surface area contributed by atoms with Crippen molar-refractivity contribution in [1.29, 1.82) is 0 Å². The number of aliphatic hydroxyl groups excluding tert-OH is 1. The van der Waals surface area contributed by atoms with Gasteiger partial charge in [0.25, 0.3) is 0 Å². The average Bonchev–Trinajstić information content (AvgIpc) is 2.63. The van der Waals surface area contributed by atoms with E-state index < -0.39 is 0 Å². The van der Waals surface area contributed by atoms with E-state index >= 15 is 0 Å². The van der Waals surface area contributed by atoms with Crippen molar-refractivity contribution in [2.45, 2.75) is 65.7 Å². The molecular weight excluding hydrogens is 328 g/mol. The van der Waals surface area contributed by atoms with Crippen molar-refractivity contribution in [2.75, 3.05) is 32.8 Å². The molecule has 1 rings (SSSR count). The molecule has 0 radical (unpaired) electrons. The molecule has 0 aromatic heterocycles. The zero-order chi connectivity index (χ0) is 19.2. The second-order valence-electron chi connectivity index (χ2n) is 7.78. The highest BCUT2D eigenvalue weighted by Gasteiger charge is 2.20. The van der Waals surface area contributed by atoms with Gasteiger partial charge in [-0.2, -0.15) is 0 Å². The molecule has 1 amide bonds. The van der Waals surface area contributed by atoms with Gasteiger partial charge in [0.15, 0.2) is 5.96 Å². The molecule has 1 aliphatic rings. The Kier molecular flexibility index (Phi) is 12.1. The van der Waals surface area contributed by atoms with Gasteiger partial charge in [0, 0.05) is 38.7 Å². The lowest BCUT2D eigenvalue weighted by molar-refractivity contribution is -0.125. The normalized spacial score (nSPS) is 17.2. The van der Waals surface area contributed by atoms with Crippen molar-refractivity contribution in [3.8, 4) is 0 Å². The van der Waals surface area contributed by atoms with Crippen LogP contribution in [0.3, 0.4) is 0 Å². The molecule has 1 atom stereocenters. The van der Waals surface area contributed by atoms with Crippen molar-refractivity contribution in [3.05, 3.63) is 0 Å². The van der Waals surface area contributed by atoms with Crippen molar-refractivity contribution in [1.82, 2.24) is 16.0 Å². The Morgan fingerprint density at radius 1 is 1.12 bits per heavy atom. The molecule has 152 valence electrons. The Labute approximate surface area is 159 Å². The lowest BCUT2D eigenvalue weighted by Gasteiger charge is -2.21. The zero-order valence-electron chi connectivity index (χ0n) is 17.0. The first-order valence-electron chi connectivity index (χ1n) is 10.5. The second kappa shape index (κ2) is 13.8. The summed E-state index contributed by atoms with van der Waals surface area (Å²) in [7, 11) is 0. The molecule has 0 spiro atoms. The van der Waals surface area contributed by atoms with E-state index in [4.69, 9.17) is 0 Å². The fourth-order valence-electron chi connectivity index (χ4n) is 3.57. The molecule has 26 heavy (non-hydrogen) atoms. The van der Waals surface area contributed by atoms with Gasteiger partial charge in [-0.1, -0.05) is 33.1 Å². The molecule has 0 aromatic carbocycles. The van der Waals surface area contributed by atoms with Gasteiger partial charge in [0.2, 0.25) is 5.91 Å². The van der Waals surface area contributed by atoms with E-state index in [1.165, 1.54) is 19.3 Å². The largest absolute Gasteiger partial charge is 0.396 e. The van der Waals surface area contributed by atoms with Gasteiger partial charge < -0.3 is 21.1 Å². The first-order chi connectivity index (χ1) is 12.6. The number of nitrogens with one attached hydrogen (secondary N) is 3. The van der Waals surface area contributed by atoms with Crippen molar-refractivity contribution >= 4 is 11.9 Å². The first-order valence-corrected chi connectivity index (χ1v) is 10.5. The Morgan fingerprint density at radius 2 is 1.81 bits per heavy atom. The Balaban J connectivity index is 2.34. The topological polar surface area (TPSA) is 85.8 Å². The highest BCUT2D eigenvalue weighted by atomic mass is 16.3. The first kappa shape index (κ1) is 22.7. The quantitative estimate of drug-likeness (QED) is 0.256. The molecule has 6 heteroatoms. The third-order valence-corrected chi connectivity index (χ3v) is 4.89. The average molecular weight is 369 g/mol. The minimum absolute atomic E-state index is 0.202. The monoisotopic (exact) mass is 368 g/mol. The Hall–Kier alpha value is -1.30. The fraction of sp³-hybridized carbons (Fsp3) is 0.900. The number of aliphatic imine (C=N–C) groups is 1. The van der Waals surface area contributed by atoms with Gasteiger partial charge in [0.1, 0.15) is 0 Å². The third-order valence-electron chi connectivity index (χ3n) is 4.89. The molecule has 1 saturated carbocycles. The van der Waals surface area contributed by atoms with Gasteiger partial charge in [0.05, 0.1) is 0 Å². The number of nitrogens with zero attached hydrogens (tertiary/aromatic N) is 1. The lowest BCUT2D eigenvalue weighted by atomic mass is 9.89. The predicted molar refractivity (Wildman–Crippen MR) is 108 cm³/mol. The van der Waals surface area contributed by atoms with Crippen LogP contribution in [0.4, 0.5) is 0 Å². The van der Waals surface area contributed by atoms with Crippen LogP contribution in [0.15, 0.2) is 4.99 Å². The number of hydrogen-bond donors (Lipinski definition) is 4. The zero-order valence-corrected chi connectivity index (χ0v) is 17.0. The van der Waals surface area contributed by atoms with Gasteiger partial charge in [-0.05, 0) is 44.4 Å². The molecular formula is C20H40N4O2. The highest BCUT2D eigenvalue weighted by Crippen LogP contribution is 2.23. The molecule has 0 heterocycles. The molecule has 0 aromatic rings. The molecule has 1 aliphatic carbocycles. The number of rotatable bonds is 11. The summed E-state index contributed by atoms with van der Waals surface area (Å²) in [5, 5.41) is 18.8. The van der Waals surface area contributed by atoms with Gasteiger partial charge in [-0.25, -0.2) is 0 Å². The molecule has 0 saturated heterocycles. The number of hydrogen-bond acceptors (Lipinski definition) is 3. The van der Waals surface area contributed by atoms with Gasteiger partial charge in [-0.15, -0.1) is 0 Å². The second-order valence-corrected chi connectivity index (χ2v) is 7.78. The maximum absolute atomic E-state index is 12.1. The SMILES string of the molecule is CCNC(=NCC(CCO)CC(C)C)NCCNC(=O)C1CCCCC1. The number of guanidine groups is 1. The summed E-state index contributed by atoms with van der Waals surface area (Å²) >= 11 is 0. The Bertz CT molecular complexity index is 407. The van der Waals surface area contributed by atoms with Crippen LogP contribution in [0.2, 0.25) is 0 Å². The van der Waals surface area contributed by atoms with Crippen LogP contribution >= 0.6 is 0 Å². The highest BCUT2D eigenvalue weighted by molar-refractivity contribution is 5.80. The maximum atomic E-state index is 12.1. The van der Waals surface area contributed by atoms with E-state index in [1.54, 1.807) is 0 Å². The number of amides is 1. The summed E-state index contributed by atoms with van der Waals surface area (Å²) in [4.78, 5) is 16.8. The molecule has 1 unspecified atom stereocenters. The predicted octanol–water partition coefficient (Wildman–Crippen LogP) is 2.28. The number of carbonyl (C=O) groups excluding carboxylic acids is 1. The number of aliphatic hydroxyl groups is 1. The standard InChI is InChI=1S/C20H40N4O2/c1-4-21-20(24-15-17(10-13-25)14-16(2)3)23-12-11-22-19(26)18-8-6-5-7-9-18/h16-18,25H,4-15H2,1-3H3,(H,22,26)(H2,21,23,24). The summed E-state index contributed by atoms with van der Waals surface area (Å²) in [6.45, 7) is 9.45. The molecule has 1 fully saturated rings. The third kappa shape index (κ3) is 10.00. The van der Waals surface area contributed by atoms with Crippen LogP contribution in [0.5, 0.6) is 0 Å².